The van der Waals surface area contributed by atoms with Gasteiger partial charge in [0, 0.05) is 23.3 Å². The van der Waals surface area contributed by atoms with E-state index in [1.165, 1.54) is 39.0 Å². The van der Waals surface area contributed by atoms with Crippen LogP contribution in [-0.2, 0) is 4.57 Å². The Morgan fingerprint density at radius 3 is 1.64 bits per heavy atom. The number of benzene rings is 3. The van der Waals surface area contributed by atoms with Crippen LogP contribution in [-0.4, -0.2) is 32.6 Å². The lowest BCUT2D eigenvalue weighted by atomic mass is 9.81. The molecule has 0 saturated carbocycles. The zero-order valence-corrected chi connectivity index (χ0v) is 25.1. The van der Waals surface area contributed by atoms with Crippen LogP contribution >= 0.6 is 7.80 Å². The predicted molar refractivity (Wildman–Crippen MR) is 156 cm³/mol. The first kappa shape index (κ1) is 30.0. The van der Waals surface area contributed by atoms with E-state index < -0.39 is 13.3 Å². The predicted octanol–water partition coefficient (Wildman–Crippen LogP) is 7.61. The van der Waals surface area contributed by atoms with E-state index in [2.05, 4.69) is 53.7 Å². The van der Waals surface area contributed by atoms with Gasteiger partial charge in [0.25, 0.3) is 5.52 Å². The summed E-state index contributed by atoms with van der Waals surface area (Å²) < 4.78 is 30.0. The molecule has 3 rings (SSSR count). The lowest BCUT2D eigenvalue weighted by Crippen LogP contribution is -2.20. The minimum absolute atomic E-state index is 0.0381. The summed E-state index contributed by atoms with van der Waals surface area (Å²) >= 11 is 0. The summed E-state index contributed by atoms with van der Waals surface area (Å²) in [6.45, 7) is 12.5. The van der Waals surface area contributed by atoms with Crippen molar-refractivity contribution in [2.75, 3.05) is 21.3 Å². The van der Waals surface area contributed by atoms with E-state index in [0.29, 0.717) is 17.2 Å². The summed E-state index contributed by atoms with van der Waals surface area (Å²) in [5, 5.41) is 0.180. The molecule has 1 unspecified atom stereocenters. The number of methoxy groups -OCH3 is 3. The molecular weight excluding hydrogens is 511 g/mol. The first-order valence-corrected chi connectivity index (χ1v) is 14.4. The van der Waals surface area contributed by atoms with Crippen molar-refractivity contribution in [3.63, 3.8) is 0 Å². The standard InChI is InChI=1S/C32H38O6P/c1-18(2)21-14-24(19(3)4)29(25(15-21)20(5)6)31(33)23-12-10-11-13-28(23)39(35)32(34)30-26(37-8)16-22(36-7)17-27(30)38-9/h10-20H,1-9H3. The van der Waals surface area contributed by atoms with Crippen molar-refractivity contribution in [2.24, 2.45) is 0 Å². The Morgan fingerprint density at radius 2 is 1.21 bits per heavy atom. The van der Waals surface area contributed by atoms with Gasteiger partial charge in [0.1, 0.15) is 22.8 Å². The molecule has 39 heavy (non-hydrogen) atoms. The molecule has 0 aromatic heterocycles. The molecule has 0 fully saturated rings. The molecular formula is C32H38O6P. The topological polar surface area (TPSA) is 78.9 Å². The average molecular weight is 550 g/mol. The minimum Gasteiger partial charge on any atom is -0.496 e. The molecule has 0 heterocycles. The molecule has 1 atom stereocenters. The Morgan fingerprint density at radius 1 is 0.692 bits per heavy atom. The van der Waals surface area contributed by atoms with E-state index in [4.69, 9.17) is 14.2 Å². The first-order valence-electron chi connectivity index (χ1n) is 13.1. The SMILES string of the molecule is COc1cc(OC)c(C(=O)[P](=O)c2ccccc2C(=O)c2c(C(C)C)cc(C(C)C)cc2C(C)C)c(OC)c1. The van der Waals surface area contributed by atoms with Gasteiger partial charge < -0.3 is 14.2 Å². The summed E-state index contributed by atoms with van der Waals surface area (Å²) in [6, 6.07) is 13.9. The second-order valence-electron chi connectivity index (χ2n) is 10.4. The Bertz CT molecular complexity index is 1350. The van der Waals surface area contributed by atoms with Crippen LogP contribution in [0.15, 0.2) is 48.5 Å². The van der Waals surface area contributed by atoms with Crippen LogP contribution in [0.2, 0.25) is 0 Å². The number of carbonyl (C=O) groups is 2. The van der Waals surface area contributed by atoms with Crippen LogP contribution in [0.1, 0.15) is 102 Å². The summed E-state index contributed by atoms with van der Waals surface area (Å²) in [5.74, 6) is 1.04. The molecule has 207 valence electrons. The largest absolute Gasteiger partial charge is 0.496 e. The van der Waals surface area contributed by atoms with E-state index in [1.54, 1.807) is 24.3 Å². The fourth-order valence-corrected chi connectivity index (χ4v) is 5.88. The number of hydrogen-bond donors (Lipinski definition) is 0. The van der Waals surface area contributed by atoms with Crippen molar-refractivity contribution >= 4 is 24.4 Å². The van der Waals surface area contributed by atoms with E-state index in [0.717, 1.165) is 11.1 Å². The molecule has 3 aromatic rings. The highest BCUT2D eigenvalue weighted by molar-refractivity contribution is 7.71. The van der Waals surface area contributed by atoms with Crippen LogP contribution in [0, 0.1) is 0 Å². The highest BCUT2D eigenvalue weighted by Crippen LogP contribution is 2.41. The van der Waals surface area contributed by atoms with Gasteiger partial charge in [-0.1, -0.05) is 65.8 Å². The minimum atomic E-state index is -2.69. The van der Waals surface area contributed by atoms with Crippen LogP contribution in [0.3, 0.4) is 0 Å². The lowest BCUT2D eigenvalue weighted by molar-refractivity contribution is 0.103. The average Bonchev–Trinajstić information content (AvgIpc) is 2.94. The summed E-state index contributed by atoms with van der Waals surface area (Å²) in [5.41, 5.74) is 3.29. The van der Waals surface area contributed by atoms with E-state index in [-0.39, 0.29) is 45.5 Å². The molecule has 0 aliphatic rings. The first-order chi connectivity index (χ1) is 18.5. The molecule has 0 spiro atoms. The van der Waals surface area contributed by atoms with Gasteiger partial charge in [0.2, 0.25) is 0 Å². The third-order valence-electron chi connectivity index (χ3n) is 6.84. The molecule has 0 N–H and O–H groups in total. The third-order valence-corrected chi connectivity index (χ3v) is 8.26. The van der Waals surface area contributed by atoms with Gasteiger partial charge in [-0.3, -0.25) is 14.2 Å². The van der Waals surface area contributed by atoms with Gasteiger partial charge >= 0.3 is 0 Å². The summed E-state index contributed by atoms with van der Waals surface area (Å²) in [4.78, 5) is 28.0. The monoisotopic (exact) mass is 549 g/mol. The van der Waals surface area contributed by atoms with Crippen LogP contribution in [0.25, 0.3) is 0 Å². The number of rotatable bonds is 11. The summed E-state index contributed by atoms with van der Waals surface area (Å²) in [7, 11) is 1.63. The van der Waals surface area contributed by atoms with Gasteiger partial charge in [0.15, 0.2) is 13.6 Å². The van der Waals surface area contributed by atoms with E-state index in [9.17, 15) is 14.2 Å². The molecule has 0 amide bonds. The number of ketones is 1. The fraction of sp³-hybridized carbons (Fsp3) is 0.375. The van der Waals surface area contributed by atoms with Gasteiger partial charge in [0.05, 0.1) is 26.6 Å². The maximum Gasteiger partial charge on any atom is 0.254 e. The van der Waals surface area contributed by atoms with Gasteiger partial charge in [-0.15, -0.1) is 0 Å². The van der Waals surface area contributed by atoms with E-state index >= 15 is 0 Å². The second-order valence-corrected chi connectivity index (χ2v) is 11.9. The number of carbonyl (C=O) groups excluding carboxylic acids is 2. The van der Waals surface area contributed by atoms with Crippen molar-refractivity contribution < 1.29 is 28.4 Å². The number of ether oxygens (including phenoxy) is 3. The smallest absolute Gasteiger partial charge is 0.254 e. The molecule has 0 saturated heterocycles. The maximum atomic E-state index is 14.3. The zero-order valence-electron chi connectivity index (χ0n) is 24.2. The molecule has 7 heteroatoms. The van der Waals surface area contributed by atoms with Crippen LogP contribution in [0.4, 0.5) is 0 Å². The molecule has 0 bridgehead atoms. The fourth-order valence-electron chi connectivity index (χ4n) is 4.62. The Hall–Kier alpha value is -3.50. The van der Waals surface area contributed by atoms with Gasteiger partial charge in [-0.25, -0.2) is 0 Å². The van der Waals surface area contributed by atoms with Crippen LogP contribution in [0.5, 0.6) is 17.2 Å². The second kappa shape index (κ2) is 12.6. The maximum absolute atomic E-state index is 14.3. The highest BCUT2D eigenvalue weighted by Gasteiger charge is 2.31. The quantitative estimate of drug-likeness (QED) is 0.181. The van der Waals surface area contributed by atoms with Crippen molar-refractivity contribution in [1.29, 1.82) is 0 Å². The highest BCUT2D eigenvalue weighted by atomic mass is 31.1. The van der Waals surface area contributed by atoms with Crippen molar-refractivity contribution in [2.45, 2.75) is 59.3 Å². The van der Waals surface area contributed by atoms with Crippen molar-refractivity contribution in [1.82, 2.24) is 0 Å². The zero-order chi connectivity index (χ0) is 29.0. The molecule has 3 aromatic carbocycles. The van der Waals surface area contributed by atoms with E-state index in [1.807, 2.05) is 0 Å². The van der Waals surface area contributed by atoms with Crippen LogP contribution < -0.4 is 19.5 Å². The molecule has 0 aliphatic carbocycles. The third kappa shape index (κ3) is 6.07. The Labute approximate surface area is 232 Å². The normalized spacial score (nSPS) is 11.6. The Kier molecular flexibility index (Phi) is 9.68. The van der Waals surface area contributed by atoms with Gasteiger partial charge in [-0.2, -0.15) is 0 Å². The molecule has 1 radical (unpaired) electrons. The van der Waals surface area contributed by atoms with Crippen molar-refractivity contribution in [3.8, 4) is 17.2 Å². The Balaban J connectivity index is 2.21. The lowest BCUT2D eigenvalue weighted by Gasteiger charge is -2.22. The van der Waals surface area contributed by atoms with Gasteiger partial charge in [-0.05, 0) is 46.6 Å². The summed E-state index contributed by atoms with van der Waals surface area (Å²) in [6.07, 6.45) is 0. The molecule has 6 nitrogen and oxygen atoms in total. The number of hydrogen-bond acceptors (Lipinski definition) is 6. The molecule has 0 aliphatic heterocycles. The van der Waals surface area contributed by atoms with Crippen molar-refractivity contribution in [3.05, 3.63) is 81.9 Å².